The first-order chi connectivity index (χ1) is 9.56. The molecule has 106 valence electrons. The molecule has 0 amide bonds. The molecule has 2 aromatic rings. The zero-order valence-corrected chi connectivity index (χ0v) is 14.3. The Morgan fingerprint density at radius 2 is 2.05 bits per heavy atom. The van der Waals surface area contributed by atoms with E-state index in [0.29, 0.717) is 6.54 Å². The maximum atomic E-state index is 12.2. The maximum absolute atomic E-state index is 12.2. The van der Waals surface area contributed by atoms with Gasteiger partial charge in [-0.1, -0.05) is 18.2 Å². The molecule has 1 heterocycles. The van der Waals surface area contributed by atoms with Crippen molar-refractivity contribution in [1.29, 1.82) is 0 Å². The third-order valence-corrected chi connectivity index (χ3v) is 4.81. The van der Waals surface area contributed by atoms with Gasteiger partial charge in [-0.25, -0.2) is 4.79 Å². The molecule has 0 aliphatic heterocycles. The fourth-order valence-electron chi connectivity index (χ4n) is 1.96. The number of esters is 1. The molecule has 0 bridgehead atoms. The molecular formula is C15H16INO2S. The molecular weight excluding hydrogens is 385 g/mol. The number of hydrogen-bond donors (Lipinski definition) is 1. The summed E-state index contributed by atoms with van der Waals surface area (Å²) >= 11 is 3.91. The summed E-state index contributed by atoms with van der Waals surface area (Å²) < 4.78 is 6.11. The molecule has 1 N–H and O–H groups in total. The Hall–Kier alpha value is -0.920. The van der Waals surface area contributed by atoms with Crippen LogP contribution in [0.1, 0.15) is 17.4 Å². The highest BCUT2D eigenvalue weighted by atomic mass is 127. The summed E-state index contributed by atoms with van der Waals surface area (Å²) in [6, 6.07) is 11.9. The molecule has 0 aliphatic rings. The SMILES string of the molecule is COC(=O)C(C)(NCc1cccs1)c1ccc(I)cc1. The minimum Gasteiger partial charge on any atom is -0.467 e. The molecule has 5 heteroatoms. The number of rotatable bonds is 5. The van der Waals surface area contributed by atoms with Gasteiger partial charge in [0.25, 0.3) is 0 Å². The minimum atomic E-state index is -0.844. The molecule has 1 aromatic carbocycles. The highest BCUT2D eigenvalue weighted by molar-refractivity contribution is 14.1. The van der Waals surface area contributed by atoms with Crippen molar-refractivity contribution in [3.63, 3.8) is 0 Å². The van der Waals surface area contributed by atoms with Crippen LogP contribution in [0.4, 0.5) is 0 Å². The van der Waals surface area contributed by atoms with E-state index in [4.69, 9.17) is 4.74 Å². The van der Waals surface area contributed by atoms with Gasteiger partial charge in [0.15, 0.2) is 0 Å². The summed E-state index contributed by atoms with van der Waals surface area (Å²) in [5.41, 5.74) is 0.0598. The fraction of sp³-hybridized carbons (Fsp3) is 0.267. The number of nitrogens with one attached hydrogen (secondary N) is 1. The summed E-state index contributed by atoms with van der Waals surface area (Å²) in [6.07, 6.45) is 0. The Morgan fingerprint density at radius 3 is 2.60 bits per heavy atom. The molecule has 1 atom stereocenters. The highest BCUT2D eigenvalue weighted by Gasteiger charge is 2.35. The summed E-state index contributed by atoms with van der Waals surface area (Å²) in [7, 11) is 1.42. The van der Waals surface area contributed by atoms with Crippen molar-refractivity contribution < 1.29 is 9.53 Å². The van der Waals surface area contributed by atoms with Crippen LogP contribution in [0.2, 0.25) is 0 Å². The number of thiophene rings is 1. The Labute approximate surface area is 136 Å². The van der Waals surface area contributed by atoms with E-state index in [2.05, 4.69) is 27.9 Å². The quantitative estimate of drug-likeness (QED) is 0.616. The predicted molar refractivity (Wildman–Crippen MR) is 89.7 cm³/mol. The molecule has 0 saturated heterocycles. The lowest BCUT2D eigenvalue weighted by molar-refractivity contribution is -0.148. The molecule has 0 fully saturated rings. The summed E-state index contributed by atoms with van der Waals surface area (Å²) in [4.78, 5) is 13.4. The van der Waals surface area contributed by atoms with Crippen molar-refractivity contribution in [3.05, 3.63) is 55.8 Å². The topological polar surface area (TPSA) is 38.3 Å². The van der Waals surface area contributed by atoms with Gasteiger partial charge >= 0.3 is 5.97 Å². The van der Waals surface area contributed by atoms with Crippen LogP contribution in [0, 0.1) is 3.57 Å². The Morgan fingerprint density at radius 1 is 1.35 bits per heavy atom. The van der Waals surface area contributed by atoms with Gasteiger partial charge in [0.05, 0.1) is 7.11 Å². The molecule has 20 heavy (non-hydrogen) atoms. The first kappa shape index (κ1) is 15.5. The lowest BCUT2D eigenvalue weighted by atomic mass is 9.92. The zero-order chi connectivity index (χ0) is 14.6. The van der Waals surface area contributed by atoms with Crippen LogP contribution in [-0.4, -0.2) is 13.1 Å². The predicted octanol–water partition coefficient (Wildman–Crippen LogP) is 3.53. The molecule has 1 unspecified atom stereocenters. The van der Waals surface area contributed by atoms with Crippen molar-refractivity contribution in [3.8, 4) is 0 Å². The van der Waals surface area contributed by atoms with Gasteiger partial charge in [0.2, 0.25) is 0 Å². The van der Waals surface area contributed by atoms with Gasteiger partial charge in [-0.2, -0.15) is 0 Å². The van der Waals surface area contributed by atoms with E-state index >= 15 is 0 Å². The first-order valence-corrected chi connectivity index (χ1v) is 8.14. The molecule has 1 aromatic heterocycles. The number of halogens is 1. The van der Waals surface area contributed by atoms with E-state index in [1.165, 1.54) is 12.0 Å². The number of carbonyl (C=O) groups excluding carboxylic acids is 1. The number of carbonyl (C=O) groups is 1. The smallest absolute Gasteiger partial charge is 0.330 e. The second kappa shape index (κ2) is 6.69. The highest BCUT2D eigenvalue weighted by Crippen LogP contribution is 2.24. The Balaban J connectivity index is 2.25. The van der Waals surface area contributed by atoms with E-state index in [9.17, 15) is 4.79 Å². The summed E-state index contributed by atoms with van der Waals surface area (Å²) in [5, 5.41) is 5.34. The molecule has 0 radical (unpaired) electrons. The fourth-order valence-corrected chi connectivity index (χ4v) is 2.96. The van der Waals surface area contributed by atoms with Gasteiger partial charge in [0.1, 0.15) is 5.54 Å². The molecule has 2 rings (SSSR count). The molecule has 0 spiro atoms. The van der Waals surface area contributed by atoms with Crippen molar-refractivity contribution in [2.45, 2.75) is 19.0 Å². The number of methoxy groups -OCH3 is 1. The van der Waals surface area contributed by atoms with Gasteiger partial charge in [-0.15, -0.1) is 11.3 Å². The van der Waals surface area contributed by atoms with Crippen LogP contribution < -0.4 is 5.32 Å². The number of hydrogen-bond acceptors (Lipinski definition) is 4. The molecule has 0 saturated carbocycles. The van der Waals surface area contributed by atoms with Crippen molar-refractivity contribution in [1.82, 2.24) is 5.32 Å². The van der Waals surface area contributed by atoms with E-state index in [-0.39, 0.29) is 5.97 Å². The summed E-state index contributed by atoms with van der Waals surface area (Å²) in [5.74, 6) is -0.282. The Bertz CT molecular complexity index is 568. The number of benzene rings is 1. The summed E-state index contributed by atoms with van der Waals surface area (Å²) in [6.45, 7) is 2.49. The van der Waals surface area contributed by atoms with Crippen LogP contribution in [0.5, 0.6) is 0 Å². The second-order valence-electron chi connectivity index (χ2n) is 4.56. The van der Waals surface area contributed by atoms with Crippen LogP contribution >= 0.6 is 33.9 Å². The van der Waals surface area contributed by atoms with E-state index in [1.807, 2.05) is 48.7 Å². The third kappa shape index (κ3) is 3.39. The van der Waals surface area contributed by atoms with Crippen molar-refractivity contribution in [2.24, 2.45) is 0 Å². The van der Waals surface area contributed by atoms with E-state index < -0.39 is 5.54 Å². The molecule has 3 nitrogen and oxygen atoms in total. The molecule has 0 aliphatic carbocycles. The zero-order valence-electron chi connectivity index (χ0n) is 11.4. The third-order valence-electron chi connectivity index (χ3n) is 3.21. The lowest BCUT2D eigenvalue weighted by Crippen LogP contribution is -2.46. The minimum absolute atomic E-state index is 0.282. The average molecular weight is 401 g/mol. The van der Waals surface area contributed by atoms with Crippen LogP contribution in [-0.2, 0) is 21.6 Å². The second-order valence-corrected chi connectivity index (χ2v) is 6.83. The van der Waals surface area contributed by atoms with Gasteiger partial charge in [-0.05, 0) is 58.7 Å². The van der Waals surface area contributed by atoms with Crippen LogP contribution in [0.15, 0.2) is 41.8 Å². The van der Waals surface area contributed by atoms with Gasteiger partial charge in [-0.3, -0.25) is 5.32 Å². The van der Waals surface area contributed by atoms with Crippen LogP contribution in [0.25, 0.3) is 0 Å². The first-order valence-electron chi connectivity index (χ1n) is 6.18. The monoisotopic (exact) mass is 401 g/mol. The van der Waals surface area contributed by atoms with Crippen molar-refractivity contribution in [2.75, 3.05) is 7.11 Å². The maximum Gasteiger partial charge on any atom is 0.330 e. The van der Waals surface area contributed by atoms with Gasteiger partial charge < -0.3 is 4.74 Å². The average Bonchev–Trinajstić information content (AvgIpc) is 2.98. The van der Waals surface area contributed by atoms with E-state index in [1.54, 1.807) is 11.3 Å². The largest absolute Gasteiger partial charge is 0.467 e. The van der Waals surface area contributed by atoms with Crippen LogP contribution in [0.3, 0.4) is 0 Å². The number of ether oxygens (including phenoxy) is 1. The standard InChI is InChI=1S/C15H16INO2S/c1-15(14(18)19-2,11-5-7-12(16)8-6-11)17-10-13-4-3-9-20-13/h3-9,17H,10H2,1-2H3. The van der Waals surface area contributed by atoms with Gasteiger partial charge in [0, 0.05) is 15.0 Å². The van der Waals surface area contributed by atoms with Crippen molar-refractivity contribution >= 4 is 39.9 Å². The normalized spacial score (nSPS) is 13.8. The Kier molecular flexibility index (Phi) is 5.17. The van der Waals surface area contributed by atoms with E-state index in [0.717, 1.165) is 9.13 Å². The lowest BCUT2D eigenvalue weighted by Gasteiger charge is -2.28.